The second-order valence-electron chi connectivity index (χ2n) is 8.71. The van der Waals surface area contributed by atoms with Crippen molar-refractivity contribution in [2.24, 2.45) is 5.14 Å². The molecule has 5 rings (SSSR count). The van der Waals surface area contributed by atoms with Crippen LogP contribution < -0.4 is 10.5 Å². The third-order valence-electron chi connectivity index (χ3n) is 7.10. The molecule has 3 aliphatic carbocycles. The molecule has 3 N–H and O–H groups in total. The highest BCUT2D eigenvalue weighted by Gasteiger charge is 2.44. The van der Waals surface area contributed by atoms with Gasteiger partial charge in [-0.3, -0.25) is 0 Å². The molecule has 28 heavy (non-hydrogen) atoms. The van der Waals surface area contributed by atoms with Crippen molar-refractivity contribution < 1.29 is 8.42 Å². The first kappa shape index (κ1) is 18.8. The summed E-state index contributed by atoms with van der Waals surface area (Å²) in [5, 5.41) is 13.2. The summed E-state index contributed by atoms with van der Waals surface area (Å²) >= 11 is 3.61. The van der Waals surface area contributed by atoms with Gasteiger partial charge in [-0.2, -0.15) is 9.61 Å². The molecule has 2 aromatic heterocycles. The fourth-order valence-corrected chi connectivity index (χ4v) is 6.85. The van der Waals surface area contributed by atoms with E-state index in [0.29, 0.717) is 12.8 Å². The van der Waals surface area contributed by atoms with E-state index >= 15 is 0 Å². The van der Waals surface area contributed by atoms with Gasteiger partial charge in [-0.05, 0) is 67.3 Å². The number of hydrogen-bond donors (Lipinski definition) is 2. The van der Waals surface area contributed by atoms with Crippen LogP contribution in [-0.2, 0) is 21.9 Å². The summed E-state index contributed by atoms with van der Waals surface area (Å²) in [6.45, 7) is 0. The Morgan fingerprint density at radius 3 is 2.57 bits per heavy atom. The van der Waals surface area contributed by atoms with E-state index < -0.39 is 15.3 Å². The van der Waals surface area contributed by atoms with Crippen LogP contribution in [0, 0.1) is 0 Å². The predicted molar refractivity (Wildman–Crippen MR) is 112 cm³/mol. The van der Waals surface area contributed by atoms with Crippen LogP contribution >= 0.6 is 15.9 Å². The number of nitrogens with two attached hydrogens (primary N) is 1. The molecule has 2 heterocycles. The van der Waals surface area contributed by atoms with Crippen molar-refractivity contribution in [1.29, 1.82) is 0 Å². The topological polar surface area (TPSA) is 102 Å². The normalized spacial score (nSPS) is 26.8. The Labute approximate surface area is 173 Å². The predicted octanol–water partition coefficient (Wildman–Crippen LogP) is 3.26. The number of nitrogens with one attached hydrogen (secondary N) is 1. The number of fused-ring (bicyclic) bond motifs is 3. The summed E-state index contributed by atoms with van der Waals surface area (Å²) in [7, 11) is -3.44. The quantitative estimate of drug-likeness (QED) is 0.720. The first-order valence-electron chi connectivity index (χ1n) is 10.2. The van der Waals surface area contributed by atoms with Gasteiger partial charge in [0.2, 0.25) is 10.0 Å². The highest BCUT2D eigenvalue weighted by Crippen LogP contribution is 2.51. The number of sulfonamides is 1. The van der Waals surface area contributed by atoms with E-state index in [4.69, 9.17) is 10.1 Å². The second kappa shape index (κ2) is 6.67. The molecule has 0 aromatic carbocycles. The van der Waals surface area contributed by atoms with Gasteiger partial charge in [-0.25, -0.2) is 18.5 Å². The van der Waals surface area contributed by atoms with Crippen LogP contribution in [0.4, 0.5) is 5.82 Å². The van der Waals surface area contributed by atoms with Gasteiger partial charge in [0.05, 0.1) is 21.6 Å². The molecule has 9 heteroatoms. The van der Waals surface area contributed by atoms with Crippen molar-refractivity contribution in [3.8, 4) is 0 Å². The highest BCUT2D eigenvalue weighted by molar-refractivity contribution is 9.10. The molecule has 0 saturated heterocycles. The SMILES string of the molecule is NS(=O)(=O)C1CCC(Nc2c3c(nc4c(Br)cnn24)C2(CCCC2)CC3)CC1. The van der Waals surface area contributed by atoms with Crippen molar-refractivity contribution >= 4 is 37.4 Å². The lowest BCUT2D eigenvalue weighted by Gasteiger charge is -2.29. The van der Waals surface area contributed by atoms with Gasteiger partial charge >= 0.3 is 0 Å². The molecule has 0 atom stereocenters. The summed E-state index contributed by atoms with van der Waals surface area (Å²) in [4.78, 5) is 5.07. The van der Waals surface area contributed by atoms with E-state index in [1.54, 1.807) is 0 Å². The fraction of sp³-hybridized carbons (Fsp3) is 0.684. The molecule has 7 nitrogen and oxygen atoms in total. The minimum atomic E-state index is -3.44. The maximum atomic E-state index is 11.7. The molecule has 0 amide bonds. The lowest BCUT2D eigenvalue weighted by Crippen LogP contribution is -2.36. The number of halogens is 1. The minimum absolute atomic E-state index is 0.232. The number of anilines is 1. The van der Waals surface area contributed by atoms with Crippen LogP contribution in [0.15, 0.2) is 10.7 Å². The van der Waals surface area contributed by atoms with Crippen LogP contribution in [0.1, 0.15) is 69.0 Å². The van der Waals surface area contributed by atoms with E-state index in [9.17, 15) is 8.42 Å². The van der Waals surface area contributed by atoms with Gasteiger partial charge in [0, 0.05) is 17.0 Å². The molecule has 0 bridgehead atoms. The summed E-state index contributed by atoms with van der Waals surface area (Å²) < 4.78 is 26.1. The summed E-state index contributed by atoms with van der Waals surface area (Å²) in [6.07, 6.45) is 11.9. The lowest BCUT2D eigenvalue weighted by atomic mass is 9.83. The Kier molecular flexibility index (Phi) is 4.48. The molecule has 2 saturated carbocycles. The van der Waals surface area contributed by atoms with Crippen molar-refractivity contribution in [3.05, 3.63) is 21.9 Å². The molecular weight excluding hydrogens is 442 g/mol. The first-order valence-corrected chi connectivity index (χ1v) is 12.6. The van der Waals surface area contributed by atoms with E-state index in [1.807, 2.05) is 10.7 Å². The molecule has 1 spiro atoms. The van der Waals surface area contributed by atoms with Crippen LogP contribution in [0.25, 0.3) is 5.65 Å². The van der Waals surface area contributed by atoms with Gasteiger partial charge in [0.1, 0.15) is 5.82 Å². The zero-order chi connectivity index (χ0) is 19.5. The fourth-order valence-electron chi connectivity index (χ4n) is 5.57. The van der Waals surface area contributed by atoms with Gasteiger partial charge < -0.3 is 5.32 Å². The molecular formula is C19H26BrN5O2S. The van der Waals surface area contributed by atoms with Crippen molar-refractivity contribution in [1.82, 2.24) is 14.6 Å². The van der Waals surface area contributed by atoms with Gasteiger partial charge in [0.15, 0.2) is 5.65 Å². The van der Waals surface area contributed by atoms with Crippen LogP contribution in [0.5, 0.6) is 0 Å². The Balaban J connectivity index is 1.50. The smallest absolute Gasteiger partial charge is 0.211 e. The average molecular weight is 468 g/mol. The first-order chi connectivity index (χ1) is 13.4. The van der Waals surface area contributed by atoms with Crippen LogP contribution in [0.2, 0.25) is 0 Å². The molecule has 2 fully saturated rings. The zero-order valence-electron chi connectivity index (χ0n) is 15.8. The van der Waals surface area contributed by atoms with Gasteiger partial charge in [0.25, 0.3) is 0 Å². The Bertz CT molecular complexity index is 1020. The lowest BCUT2D eigenvalue weighted by molar-refractivity contribution is 0.429. The van der Waals surface area contributed by atoms with Crippen molar-refractivity contribution in [2.45, 2.75) is 80.9 Å². The summed E-state index contributed by atoms with van der Waals surface area (Å²) in [6, 6.07) is 0.232. The summed E-state index contributed by atoms with van der Waals surface area (Å²) in [5.74, 6) is 1.05. The van der Waals surface area contributed by atoms with E-state index in [0.717, 1.165) is 35.2 Å². The molecule has 0 radical (unpaired) electrons. The second-order valence-corrected chi connectivity index (χ2v) is 11.4. The van der Waals surface area contributed by atoms with Crippen molar-refractivity contribution in [3.63, 3.8) is 0 Å². The Morgan fingerprint density at radius 2 is 1.89 bits per heavy atom. The van der Waals surface area contributed by atoms with Crippen LogP contribution in [0.3, 0.4) is 0 Å². The van der Waals surface area contributed by atoms with E-state index in [-0.39, 0.29) is 11.5 Å². The molecule has 3 aliphatic rings. The molecule has 152 valence electrons. The van der Waals surface area contributed by atoms with Gasteiger partial charge in [-0.1, -0.05) is 12.8 Å². The zero-order valence-corrected chi connectivity index (χ0v) is 18.2. The molecule has 2 aromatic rings. The standard InChI is InChI=1S/C19H26BrN5O2S/c20-15-11-22-25-17(23-12-3-5-13(6-4-12)28(21,26)27)14-7-10-19(8-1-2-9-19)16(14)24-18(15)25/h11-13,23H,1-10H2,(H2,21,26,27). The maximum absolute atomic E-state index is 11.7. The number of aromatic nitrogens is 3. The Hall–Kier alpha value is -1.19. The largest absolute Gasteiger partial charge is 0.367 e. The van der Waals surface area contributed by atoms with Gasteiger partial charge in [-0.15, -0.1) is 0 Å². The Morgan fingerprint density at radius 1 is 1.18 bits per heavy atom. The van der Waals surface area contributed by atoms with Crippen molar-refractivity contribution in [2.75, 3.05) is 5.32 Å². The highest BCUT2D eigenvalue weighted by atomic mass is 79.9. The van der Waals surface area contributed by atoms with E-state index in [1.165, 1.54) is 43.4 Å². The molecule has 0 unspecified atom stereocenters. The number of nitrogens with zero attached hydrogens (tertiary/aromatic N) is 3. The molecule has 0 aliphatic heterocycles. The third-order valence-corrected chi connectivity index (χ3v) is 9.06. The number of rotatable bonds is 3. The average Bonchev–Trinajstić information content (AvgIpc) is 3.37. The third kappa shape index (κ3) is 2.97. The number of hydrogen-bond acceptors (Lipinski definition) is 5. The monoisotopic (exact) mass is 467 g/mol. The minimum Gasteiger partial charge on any atom is -0.367 e. The van der Waals surface area contributed by atoms with E-state index in [2.05, 4.69) is 26.3 Å². The maximum Gasteiger partial charge on any atom is 0.211 e. The number of primary sulfonamides is 1. The summed E-state index contributed by atoms with van der Waals surface area (Å²) in [5.41, 5.74) is 3.67. The van der Waals surface area contributed by atoms with Crippen LogP contribution in [-0.4, -0.2) is 34.3 Å².